The van der Waals surface area contributed by atoms with Crippen LogP contribution >= 0.6 is 11.3 Å². The molecule has 1 aromatic rings. The first-order valence-corrected chi connectivity index (χ1v) is 7.45. The molecule has 1 amide bonds. The highest BCUT2D eigenvalue weighted by molar-refractivity contribution is 7.19. The van der Waals surface area contributed by atoms with Crippen LogP contribution in [0.2, 0.25) is 0 Å². The first kappa shape index (κ1) is 15.6. The molecule has 0 bridgehead atoms. The quantitative estimate of drug-likeness (QED) is 0.642. The molecule has 1 rings (SSSR count). The van der Waals surface area contributed by atoms with Gasteiger partial charge in [-0.3, -0.25) is 4.79 Å². The molecule has 19 heavy (non-hydrogen) atoms. The minimum absolute atomic E-state index is 0.148. The van der Waals surface area contributed by atoms with Gasteiger partial charge in [0.05, 0.1) is 7.11 Å². The minimum Gasteiger partial charge on any atom is -0.492 e. The molecule has 0 aliphatic heterocycles. The number of ether oxygens (including phenoxy) is 1. The predicted octanol–water partition coefficient (Wildman–Crippen LogP) is 2.69. The summed E-state index contributed by atoms with van der Waals surface area (Å²) >= 11 is 1.34. The molecule has 0 saturated carbocycles. The van der Waals surface area contributed by atoms with Crippen LogP contribution < -0.4 is 21.1 Å². The van der Waals surface area contributed by atoms with Crippen LogP contribution in [0.15, 0.2) is 0 Å². The lowest BCUT2D eigenvalue weighted by Crippen LogP contribution is -2.22. The van der Waals surface area contributed by atoms with Crippen molar-refractivity contribution in [3.05, 3.63) is 4.88 Å². The first-order chi connectivity index (χ1) is 9.15. The van der Waals surface area contributed by atoms with Crippen LogP contribution in [0.4, 0.5) is 10.7 Å². The number of amides is 1. The second-order valence-corrected chi connectivity index (χ2v) is 5.22. The largest absolute Gasteiger partial charge is 0.492 e. The van der Waals surface area contributed by atoms with Gasteiger partial charge in [0.25, 0.3) is 5.91 Å². The van der Waals surface area contributed by atoms with E-state index < -0.39 is 0 Å². The monoisotopic (exact) mass is 285 g/mol. The Morgan fingerprint density at radius 2 is 2.11 bits per heavy atom. The second kappa shape index (κ2) is 7.89. The number of hydrogen-bond acceptors (Lipinski definition) is 5. The van der Waals surface area contributed by atoms with E-state index >= 15 is 0 Å². The van der Waals surface area contributed by atoms with E-state index in [4.69, 9.17) is 10.5 Å². The zero-order valence-electron chi connectivity index (χ0n) is 11.8. The summed E-state index contributed by atoms with van der Waals surface area (Å²) in [6.07, 6.45) is 3.45. The van der Waals surface area contributed by atoms with Gasteiger partial charge in [-0.2, -0.15) is 0 Å². The smallest absolute Gasteiger partial charge is 0.263 e. The Labute approximate surface area is 118 Å². The average Bonchev–Trinajstić information content (AvgIpc) is 2.71. The number of unbranched alkanes of at least 4 members (excludes halogenated alkanes) is 2. The summed E-state index contributed by atoms with van der Waals surface area (Å²) in [5, 5.41) is 6.87. The van der Waals surface area contributed by atoms with E-state index in [1.54, 1.807) is 7.11 Å². The van der Waals surface area contributed by atoms with Crippen LogP contribution in [-0.4, -0.2) is 26.1 Å². The van der Waals surface area contributed by atoms with Gasteiger partial charge in [0.2, 0.25) is 0 Å². The number of carbonyl (C=O) groups is 1. The molecule has 108 valence electrons. The lowest BCUT2D eigenvalue weighted by atomic mass is 10.2. The molecule has 5 nitrogen and oxygen atoms in total. The number of nitrogen functional groups attached to an aromatic ring is 1. The summed E-state index contributed by atoms with van der Waals surface area (Å²) in [5.74, 6) is 0.424. The molecule has 0 spiro atoms. The topological polar surface area (TPSA) is 76.4 Å². The van der Waals surface area contributed by atoms with Crippen LogP contribution in [0, 0.1) is 0 Å². The van der Waals surface area contributed by atoms with E-state index in [0.29, 0.717) is 22.9 Å². The van der Waals surface area contributed by atoms with E-state index in [-0.39, 0.29) is 5.91 Å². The molecule has 0 aliphatic rings. The third-order valence-electron chi connectivity index (χ3n) is 2.71. The van der Waals surface area contributed by atoms with Crippen molar-refractivity contribution >= 4 is 27.9 Å². The van der Waals surface area contributed by atoms with Crippen molar-refractivity contribution in [1.29, 1.82) is 0 Å². The van der Waals surface area contributed by atoms with Crippen molar-refractivity contribution < 1.29 is 9.53 Å². The van der Waals surface area contributed by atoms with E-state index in [1.165, 1.54) is 24.2 Å². The summed E-state index contributed by atoms with van der Waals surface area (Å²) < 4.78 is 5.29. The van der Waals surface area contributed by atoms with E-state index in [2.05, 4.69) is 17.6 Å². The number of methoxy groups -OCH3 is 1. The number of nitrogens with one attached hydrogen (secondary N) is 2. The summed E-state index contributed by atoms with van der Waals surface area (Å²) in [5.41, 5.74) is 6.37. The normalized spacial score (nSPS) is 10.3. The number of anilines is 2. The molecule has 1 aromatic heterocycles. The summed E-state index contributed by atoms with van der Waals surface area (Å²) in [6, 6.07) is 0. The molecule has 4 N–H and O–H groups in total. The van der Waals surface area contributed by atoms with Crippen LogP contribution in [0.3, 0.4) is 0 Å². The highest BCUT2D eigenvalue weighted by Gasteiger charge is 2.21. The summed E-state index contributed by atoms with van der Waals surface area (Å²) in [6.45, 7) is 5.48. The van der Waals surface area contributed by atoms with Gasteiger partial charge in [0.1, 0.15) is 15.6 Å². The number of thiophene rings is 1. The van der Waals surface area contributed by atoms with Crippen molar-refractivity contribution in [2.45, 2.75) is 33.1 Å². The Morgan fingerprint density at radius 1 is 1.37 bits per heavy atom. The SMILES string of the molecule is CCCCCNc1sc(C(=O)NCC)c(N)c1OC. The lowest BCUT2D eigenvalue weighted by molar-refractivity contribution is 0.0960. The third kappa shape index (κ3) is 4.02. The van der Waals surface area contributed by atoms with Crippen LogP contribution in [-0.2, 0) is 0 Å². The van der Waals surface area contributed by atoms with Gasteiger partial charge < -0.3 is 21.1 Å². The first-order valence-electron chi connectivity index (χ1n) is 6.63. The molecule has 0 fully saturated rings. The zero-order chi connectivity index (χ0) is 14.3. The summed E-state index contributed by atoms with van der Waals surface area (Å²) in [7, 11) is 1.57. The third-order valence-corrected chi connectivity index (χ3v) is 3.86. The van der Waals surface area contributed by atoms with Crippen molar-refractivity contribution in [1.82, 2.24) is 5.32 Å². The van der Waals surface area contributed by atoms with Crippen molar-refractivity contribution in [3.8, 4) is 5.75 Å². The maximum Gasteiger partial charge on any atom is 0.263 e. The molecule has 0 unspecified atom stereocenters. The Kier molecular flexibility index (Phi) is 6.49. The fourth-order valence-corrected chi connectivity index (χ4v) is 2.77. The molecule has 0 saturated heterocycles. The highest BCUT2D eigenvalue weighted by Crippen LogP contribution is 2.42. The molecule has 0 aliphatic carbocycles. The van der Waals surface area contributed by atoms with Gasteiger partial charge in [0, 0.05) is 13.1 Å². The van der Waals surface area contributed by atoms with Gasteiger partial charge in [-0.25, -0.2) is 0 Å². The number of carbonyl (C=O) groups excluding carboxylic acids is 1. The van der Waals surface area contributed by atoms with Crippen molar-refractivity contribution in [3.63, 3.8) is 0 Å². The standard InChI is InChI=1S/C13H23N3O2S/c1-4-6-7-8-16-13-10(18-3)9(14)11(19-13)12(17)15-5-2/h16H,4-8,14H2,1-3H3,(H,15,17). The predicted molar refractivity (Wildman–Crippen MR) is 81.3 cm³/mol. The van der Waals surface area contributed by atoms with Crippen LogP contribution in [0.5, 0.6) is 5.75 Å². The zero-order valence-corrected chi connectivity index (χ0v) is 12.7. The van der Waals surface area contributed by atoms with Crippen LogP contribution in [0.1, 0.15) is 42.8 Å². The van der Waals surface area contributed by atoms with Gasteiger partial charge in [-0.15, -0.1) is 11.3 Å². The highest BCUT2D eigenvalue weighted by atomic mass is 32.1. The maximum atomic E-state index is 11.9. The van der Waals surface area contributed by atoms with E-state index in [0.717, 1.165) is 18.0 Å². The van der Waals surface area contributed by atoms with E-state index in [1.807, 2.05) is 6.92 Å². The molecular weight excluding hydrogens is 262 g/mol. The molecule has 6 heteroatoms. The minimum atomic E-state index is -0.148. The Bertz CT molecular complexity index is 418. The van der Waals surface area contributed by atoms with E-state index in [9.17, 15) is 4.79 Å². The molecular formula is C13H23N3O2S. The van der Waals surface area contributed by atoms with Gasteiger partial charge in [-0.1, -0.05) is 19.8 Å². The Hall–Kier alpha value is -1.43. The van der Waals surface area contributed by atoms with Gasteiger partial charge >= 0.3 is 0 Å². The van der Waals surface area contributed by atoms with Gasteiger partial charge in [-0.05, 0) is 13.3 Å². The molecule has 1 heterocycles. The lowest BCUT2D eigenvalue weighted by Gasteiger charge is -2.06. The fourth-order valence-electron chi connectivity index (χ4n) is 1.73. The Balaban J connectivity index is 2.80. The maximum absolute atomic E-state index is 11.9. The second-order valence-electron chi connectivity index (χ2n) is 4.20. The molecule has 0 radical (unpaired) electrons. The molecule has 0 aromatic carbocycles. The van der Waals surface area contributed by atoms with Crippen LogP contribution in [0.25, 0.3) is 0 Å². The van der Waals surface area contributed by atoms with Crippen molar-refractivity contribution in [2.24, 2.45) is 0 Å². The fraction of sp³-hybridized carbons (Fsp3) is 0.615. The van der Waals surface area contributed by atoms with Crippen molar-refractivity contribution in [2.75, 3.05) is 31.2 Å². The summed E-state index contributed by atoms with van der Waals surface area (Å²) in [4.78, 5) is 12.4. The Morgan fingerprint density at radius 3 is 2.68 bits per heavy atom. The molecule has 0 atom stereocenters. The number of rotatable bonds is 8. The number of hydrogen-bond donors (Lipinski definition) is 3. The number of nitrogens with two attached hydrogens (primary N) is 1. The van der Waals surface area contributed by atoms with Gasteiger partial charge in [0.15, 0.2) is 5.75 Å². The average molecular weight is 285 g/mol.